The Kier molecular flexibility index (Phi) is 2.38. The summed E-state index contributed by atoms with van der Waals surface area (Å²) in [6, 6.07) is 1.38. The number of hydrogen-bond donors (Lipinski definition) is 1. The molecule has 0 bridgehead atoms. The quantitative estimate of drug-likeness (QED) is 0.728. The van der Waals surface area contributed by atoms with Crippen LogP contribution in [0.2, 0.25) is 0 Å². The first-order valence-corrected chi connectivity index (χ1v) is 3.66. The molecule has 0 aromatic carbocycles. The number of carbonyl (C=O) groups is 1. The van der Waals surface area contributed by atoms with E-state index >= 15 is 0 Å². The van der Waals surface area contributed by atoms with Gasteiger partial charge in [-0.25, -0.2) is 5.11 Å². The van der Waals surface area contributed by atoms with Crippen molar-refractivity contribution in [2.24, 2.45) is 0 Å². The molecule has 0 saturated carbocycles. The van der Waals surface area contributed by atoms with Crippen LogP contribution in [0.25, 0.3) is 0 Å². The first kappa shape index (κ1) is 8.64. The highest BCUT2D eigenvalue weighted by Gasteiger charge is 2.15. The molecule has 65 valence electrons. The third-order valence-electron chi connectivity index (χ3n) is 1.29. The molecule has 0 fully saturated rings. The second-order valence-electron chi connectivity index (χ2n) is 2.75. The summed E-state index contributed by atoms with van der Waals surface area (Å²) in [6.07, 6.45) is 1.21. The van der Waals surface area contributed by atoms with E-state index in [4.69, 9.17) is 0 Å². The number of rotatable bonds is 2. The molecule has 0 aliphatic carbocycles. The first-order chi connectivity index (χ1) is 5.61. The Bertz CT molecular complexity index is 278. The van der Waals surface area contributed by atoms with Crippen LogP contribution in [0, 0.1) is 0 Å². The molecule has 1 aromatic heterocycles. The van der Waals surface area contributed by atoms with Crippen LogP contribution in [-0.4, -0.2) is 11.9 Å². The molecule has 1 radical (unpaired) electrons. The highest BCUT2D eigenvalue weighted by Crippen LogP contribution is 2.17. The number of nitrogens with one attached hydrogen (secondary N) is 1. The fraction of sp³-hybridized carbons (Fsp3) is 0.375. The molecule has 0 atom stereocenters. The maximum absolute atomic E-state index is 11.2. The summed E-state index contributed by atoms with van der Waals surface area (Å²) in [7, 11) is 0. The maximum Gasteiger partial charge on any atom is 0.348 e. The van der Waals surface area contributed by atoms with Crippen molar-refractivity contribution >= 4 is 5.91 Å². The second kappa shape index (κ2) is 3.30. The molecule has 0 aliphatic rings. The Morgan fingerprint density at radius 3 is 2.67 bits per heavy atom. The molecular weight excluding hydrogens is 158 g/mol. The SMILES string of the molecule is CC(C)NC(=O)c1ccoc1[O]. The Balaban J connectivity index is 2.72. The maximum atomic E-state index is 11.2. The molecule has 1 amide bonds. The van der Waals surface area contributed by atoms with Crippen LogP contribution in [-0.2, 0) is 5.11 Å². The summed E-state index contributed by atoms with van der Waals surface area (Å²) < 4.78 is 4.45. The Labute approximate surface area is 70.2 Å². The van der Waals surface area contributed by atoms with Gasteiger partial charge in [-0.3, -0.25) is 4.79 Å². The number of hydrogen-bond acceptors (Lipinski definition) is 2. The van der Waals surface area contributed by atoms with Crippen LogP contribution in [0.1, 0.15) is 24.2 Å². The average Bonchev–Trinajstić information content (AvgIpc) is 2.33. The van der Waals surface area contributed by atoms with Crippen molar-refractivity contribution in [2.45, 2.75) is 19.9 Å². The van der Waals surface area contributed by atoms with Crippen LogP contribution >= 0.6 is 0 Å². The van der Waals surface area contributed by atoms with E-state index < -0.39 is 5.95 Å². The third kappa shape index (κ3) is 1.78. The Morgan fingerprint density at radius 2 is 2.25 bits per heavy atom. The molecule has 1 heterocycles. The van der Waals surface area contributed by atoms with Gasteiger partial charge in [-0.05, 0) is 19.9 Å². The number of furan rings is 1. The lowest BCUT2D eigenvalue weighted by atomic mass is 10.3. The summed E-state index contributed by atoms with van der Waals surface area (Å²) in [4.78, 5) is 11.2. The highest BCUT2D eigenvalue weighted by molar-refractivity contribution is 5.96. The van der Waals surface area contributed by atoms with Crippen LogP contribution in [0.3, 0.4) is 0 Å². The van der Waals surface area contributed by atoms with Crippen molar-refractivity contribution < 1.29 is 14.3 Å². The first-order valence-electron chi connectivity index (χ1n) is 3.66. The van der Waals surface area contributed by atoms with Crippen LogP contribution < -0.4 is 5.32 Å². The summed E-state index contributed by atoms with van der Waals surface area (Å²) in [6.45, 7) is 3.64. The topological polar surface area (TPSA) is 62.1 Å². The van der Waals surface area contributed by atoms with Gasteiger partial charge in [-0.1, -0.05) is 0 Å². The highest BCUT2D eigenvalue weighted by atomic mass is 16.5. The van der Waals surface area contributed by atoms with Gasteiger partial charge in [0.2, 0.25) is 0 Å². The lowest BCUT2D eigenvalue weighted by Crippen LogP contribution is -2.29. The molecule has 0 unspecified atom stereocenters. The number of carbonyl (C=O) groups excluding carboxylic acids is 1. The molecule has 0 spiro atoms. The normalized spacial score (nSPS) is 10.2. The molecule has 4 heteroatoms. The summed E-state index contributed by atoms with van der Waals surface area (Å²) in [5.41, 5.74) is 0.0590. The van der Waals surface area contributed by atoms with E-state index in [9.17, 15) is 9.90 Å². The molecule has 1 aromatic rings. The van der Waals surface area contributed by atoms with Crippen molar-refractivity contribution in [1.82, 2.24) is 5.32 Å². The predicted octanol–water partition coefficient (Wildman–Crippen LogP) is 1.56. The van der Waals surface area contributed by atoms with E-state index in [1.165, 1.54) is 12.3 Å². The smallest absolute Gasteiger partial charge is 0.348 e. The van der Waals surface area contributed by atoms with Crippen molar-refractivity contribution in [1.29, 1.82) is 0 Å². The molecular formula is C8H10NO3. The molecule has 0 aliphatic heterocycles. The zero-order valence-electron chi connectivity index (χ0n) is 6.96. The van der Waals surface area contributed by atoms with E-state index in [1.807, 2.05) is 13.8 Å². The predicted molar refractivity (Wildman–Crippen MR) is 41.4 cm³/mol. The minimum absolute atomic E-state index is 0.0202. The Hall–Kier alpha value is -1.45. The van der Waals surface area contributed by atoms with Gasteiger partial charge in [-0.15, -0.1) is 0 Å². The van der Waals surface area contributed by atoms with E-state index in [1.54, 1.807) is 0 Å². The van der Waals surface area contributed by atoms with E-state index in [-0.39, 0.29) is 17.5 Å². The van der Waals surface area contributed by atoms with E-state index in [0.717, 1.165) is 0 Å². The van der Waals surface area contributed by atoms with Crippen molar-refractivity contribution in [3.8, 4) is 5.95 Å². The Morgan fingerprint density at radius 1 is 1.58 bits per heavy atom. The van der Waals surface area contributed by atoms with E-state index in [2.05, 4.69) is 9.73 Å². The largest absolute Gasteiger partial charge is 0.431 e. The van der Waals surface area contributed by atoms with Crippen molar-refractivity contribution in [3.05, 3.63) is 17.9 Å². The molecule has 12 heavy (non-hydrogen) atoms. The van der Waals surface area contributed by atoms with Crippen molar-refractivity contribution in [3.63, 3.8) is 0 Å². The van der Waals surface area contributed by atoms with Gasteiger partial charge in [0.25, 0.3) is 5.91 Å². The van der Waals surface area contributed by atoms with Gasteiger partial charge in [0.1, 0.15) is 5.56 Å². The average molecular weight is 168 g/mol. The van der Waals surface area contributed by atoms with Gasteiger partial charge < -0.3 is 9.73 Å². The third-order valence-corrected chi connectivity index (χ3v) is 1.29. The summed E-state index contributed by atoms with van der Waals surface area (Å²) >= 11 is 0. The van der Waals surface area contributed by atoms with Gasteiger partial charge in [-0.2, -0.15) is 0 Å². The molecule has 0 saturated heterocycles. The zero-order chi connectivity index (χ0) is 9.14. The van der Waals surface area contributed by atoms with Crippen LogP contribution in [0.15, 0.2) is 16.7 Å². The van der Waals surface area contributed by atoms with Gasteiger partial charge in [0.05, 0.1) is 6.26 Å². The second-order valence-corrected chi connectivity index (χ2v) is 2.75. The fourth-order valence-electron chi connectivity index (χ4n) is 0.804. The molecule has 4 nitrogen and oxygen atoms in total. The number of amides is 1. The minimum atomic E-state index is -0.590. The summed E-state index contributed by atoms with van der Waals surface area (Å²) in [5, 5.41) is 13.4. The minimum Gasteiger partial charge on any atom is -0.431 e. The zero-order valence-corrected chi connectivity index (χ0v) is 6.96. The summed E-state index contributed by atoms with van der Waals surface area (Å²) in [5.74, 6) is -0.975. The monoisotopic (exact) mass is 168 g/mol. The van der Waals surface area contributed by atoms with Gasteiger partial charge in [0, 0.05) is 6.04 Å². The molecule has 1 N–H and O–H groups in total. The van der Waals surface area contributed by atoms with Crippen molar-refractivity contribution in [2.75, 3.05) is 0 Å². The van der Waals surface area contributed by atoms with E-state index in [0.29, 0.717) is 0 Å². The van der Waals surface area contributed by atoms with Gasteiger partial charge >= 0.3 is 5.95 Å². The van der Waals surface area contributed by atoms with Crippen LogP contribution in [0.4, 0.5) is 0 Å². The lowest BCUT2D eigenvalue weighted by molar-refractivity contribution is 0.0935. The van der Waals surface area contributed by atoms with Gasteiger partial charge in [0.15, 0.2) is 0 Å². The van der Waals surface area contributed by atoms with Crippen LogP contribution in [0.5, 0.6) is 5.95 Å². The fourth-order valence-corrected chi connectivity index (χ4v) is 0.804. The lowest BCUT2D eigenvalue weighted by Gasteiger charge is -2.05. The molecule has 1 rings (SSSR count). The standard InChI is InChI=1S/C8H10NO3/c1-5(2)9-7(10)6-3-4-12-8(6)11/h3-5H,1-2H3,(H,9,10).